The van der Waals surface area contributed by atoms with E-state index >= 15 is 0 Å². The molecule has 0 amide bonds. The van der Waals surface area contributed by atoms with Crippen molar-refractivity contribution < 1.29 is 9.53 Å². The molecule has 0 aliphatic heterocycles. The van der Waals surface area contributed by atoms with Crippen LogP contribution in [0.1, 0.15) is 86.0 Å². The summed E-state index contributed by atoms with van der Waals surface area (Å²) >= 11 is 0. The van der Waals surface area contributed by atoms with E-state index in [0.717, 1.165) is 25.7 Å². The topological polar surface area (TPSA) is 29.5 Å². The lowest BCUT2D eigenvalue weighted by atomic mass is 9.88. The van der Waals surface area contributed by atoms with Gasteiger partial charge in [0.25, 0.3) is 0 Å². The molecule has 2 nitrogen and oxygen atoms in total. The summed E-state index contributed by atoms with van der Waals surface area (Å²) in [4.78, 5) is 0. The molecule has 0 bridgehead atoms. The standard InChI is InChI=1S/C24H46O2Si/c1-9-11-12-14-19(3)23(26-27(7,8)24(4,5)6)18-16-20-15-17-22(25)21(20)13-10-2/h10,15,19,21-23,25H,2,9,11-14,16-18H2,1,3-8H3. The second-order valence-corrected chi connectivity index (χ2v) is 14.9. The molecule has 0 heterocycles. The molecule has 0 spiro atoms. The molecule has 3 heteroatoms. The minimum absolute atomic E-state index is 0.222. The zero-order valence-electron chi connectivity index (χ0n) is 19.2. The Morgan fingerprint density at radius 2 is 1.96 bits per heavy atom. The highest BCUT2D eigenvalue weighted by Crippen LogP contribution is 2.40. The number of unbranched alkanes of at least 4 members (excludes halogenated alkanes) is 2. The lowest BCUT2D eigenvalue weighted by Crippen LogP contribution is -2.45. The van der Waals surface area contributed by atoms with Crippen molar-refractivity contribution in [2.24, 2.45) is 11.8 Å². The highest BCUT2D eigenvalue weighted by molar-refractivity contribution is 6.74. The molecule has 0 saturated heterocycles. The van der Waals surface area contributed by atoms with E-state index in [-0.39, 0.29) is 17.1 Å². The van der Waals surface area contributed by atoms with Crippen LogP contribution >= 0.6 is 0 Å². The molecule has 0 aromatic carbocycles. The van der Waals surface area contributed by atoms with E-state index in [1.165, 1.54) is 31.3 Å². The van der Waals surface area contributed by atoms with Crippen LogP contribution in [-0.2, 0) is 4.43 Å². The van der Waals surface area contributed by atoms with Gasteiger partial charge in [-0.1, -0.05) is 71.6 Å². The van der Waals surface area contributed by atoms with E-state index in [1.54, 1.807) is 0 Å². The molecule has 0 aromatic heterocycles. The summed E-state index contributed by atoms with van der Waals surface area (Å²) in [5.74, 6) is 0.863. The van der Waals surface area contributed by atoms with Gasteiger partial charge in [0.2, 0.25) is 0 Å². The van der Waals surface area contributed by atoms with E-state index in [0.29, 0.717) is 12.0 Å². The van der Waals surface area contributed by atoms with Crippen LogP contribution in [0.2, 0.25) is 18.1 Å². The third-order valence-electron chi connectivity index (χ3n) is 6.85. The average molecular weight is 395 g/mol. The zero-order chi connectivity index (χ0) is 20.7. The summed E-state index contributed by atoms with van der Waals surface area (Å²) in [6, 6.07) is 0. The number of aliphatic hydroxyl groups excluding tert-OH is 1. The maximum atomic E-state index is 10.3. The van der Waals surface area contributed by atoms with Gasteiger partial charge in [0.1, 0.15) is 0 Å². The Labute approximate surface area is 170 Å². The second kappa shape index (κ2) is 11.0. The number of hydrogen-bond donors (Lipinski definition) is 1. The van der Waals surface area contributed by atoms with Crippen LogP contribution in [0.5, 0.6) is 0 Å². The number of hydrogen-bond acceptors (Lipinski definition) is 2. The van der Waals surface area contributed by atoms with E-state index in [1.807, 2.05) is 6.08 Å². The number of rotatable bonds is 12. The van der Waals surface area contributed by atoms with Gasteiger partial charge in [-0.05, 0) is 56.2 Å². The molecular weight excluding hydrogens is 348 g/mol. The summed E-state index contributed by atoms with van der Waals surface area (Å²) in [5.41, 5.74) is 1.42. The predicted molar refractivity (Wildman–Crippen MR) is 122 cm³/mol. The van der Waals surface area contributed by atoms with Gasteiger partial charge < -0.3 is 9.53 Å². The fourth-order valence-corrected chi connectivity index (χ4v) is 5.30. The predicted octanol–water partition coefficient (Wildman–Crippen LogP) is 7.26. The smallest absolute Gasteiger partial charge is 0.192 e. The Balaban J connectivity index is 2.80. The lowest BCUT2D eigenvalue weighted by Gasteiger charge is -2.41. The highest BCUT2D eigenvalue weighted by atomic mass is 28.4. The average Bonchev–Trinajstić information content (AvgIpc) is 2.91. The quantitative estimate of drug-likeness (QED) is 0.214. The Kier molecular flexibility index (Phi) is 10.0. The van der Waals surface area contributed by atoms with Crippen molar-refractivity contribution in [3.8, 4) is 0 Å². The first-order valence-electron chi connectivity index (χ1n) is 11.2. The molecule has 158 valence electrons. The Morgan fingerprint density at radius 1 is 1.30 bits per heavy atom. The van der Waals surface area contributed by atoms with Gasteiger partial charge in [0, 0.05) is 12.0 Å². The number of aliphatic hydroxyl groups is 1. The van der Waals surface area contributed by atoms with Crippen LogP contribution in [0.3, 0.4) is 0 Å². The van der Waals surface area contributed by atoms with Crippen LogP contribution in [0.25, 0.3) is 0 Å². The van der Waals surface area contributed by atoms with Crippen LogP contribution in [0.4, 0.5) is 0 Å². The zero-order valence-corrected chi connectivity index (χ0v) is 20.2. The minimum Gasteiger partial charge on any atom is -0.414 e. The van der Waals surface area contributed by atoms with E-state index in [2.05, 4.69) is 60.4 Å². The fraction of sp³-hybridized carbons (Fsp3) is 0.833. The van der Waals surface area contributed by atoms with Gasteiger partial charge in [-0.3, -0.25) is 0 Å². The minimum atomic E-state index is -1.79. The van der Waals surface area contributed by atoms with Crippen molar-refractivity contribution >= 4 is 8.32 Å². The van der Waals surface area contributed by atoms with E-state index in [9.17, 15) is 5.11 Å². The normalized spacial score (nSPS) is 23.2. The van der Waals surface area contributed by atoms with Gasteiger partial charge in [-0.2, -0.15) is 0 Å². The van der Waals surface area contributed by atoms with Gasteiger partial charge >= 0.3 is 0 Å². The van der Waals surface area contributed by atoms with Crippen molar-refractivity contribution in [1.82, 2.24) is 0 Å². The van der Waals surface area contributed by atoms with Crippen molar-refractivity contribution in [3.05, 3.63) is 24.3 Å². The molecule has 0 fully saturated rings. The molecule has 0 aromatic rings. The van der Waals surface area contributed by atoms with Crippen LogP contribution in [0.15, 0.2) is 24.3 Å². The summed E-state index contributed by atoms with van der Waals surface area (Å²) in [6.07, 6.45) is 13.3. The van der Waals surface area contributed by atoms with E-state index < -0.39 is 8.32 Å². The molecule has 0 saturated carbocycles. The van der Waals surface area contributed by atoms with Gasteiger partial charge in [-0.15, -0.1) is 6.58 Å². The van der Waals surface area contributed by atoms with Crippen LogP contribution in [-0.4, -0.2) is 25.6 Å². The maximum Gasteiger partial charge on any atom is 0.192 e. The SMILES string of the molecule is C=CCC1C(CCC(O[Si](C)(C)C(C)(C)C)C(C)CCCCC)=CCC1O. The molecule has 1 aliphatic carbocycles. The molecule has 4 atom stereocenters. The first kappa shape index (κ1) is 24.7. The van der Waals surface area contributed by atoms with Crippen molar-refractivity contribution in [1.29, 1.82) is 0 Å². The van der Waals surface area contributed by atoms with Crippen molar-refractivity contribution in [2.75, 3.05) is 0 Å². The molecule has 0 radical (unpaired) electrons. The van der Waals surface area contributed by atoms with E-state index in [4.69, 9.17) is 4.43 Å². The molecule has 4 unspecified atom stereocenters. The molecule has 1 rings (SSSR count). The van der Waals surface area contributed by atoms with Gasteiger partial charge in [0.15, 0.2) is 8.32 Å². The third kappa shape index (κ3) is 7.51. The first-order chi connectivity index (χ1) is 12.5. The molecule has 27 heavy (non-hydrogen) atoms. The summed E-state index contributed by atoms with van der Waals surface area (Å²) < 4.78 is 6.91. The van der Waals surface area contributed by atoms with Crippen molar-refractivity contribution in [2.45, 2.75) is 116 Å². The largest absolute Gasteiger partial charge is 0.414 e. The Hall–Kier alpha value is -0.383. The summed E-state index contributed by atoms with van der Waals surface area (Å²) in [7, 11) is -1.79. The maximum absolute atomic E-state index is 10.3. The fourth-order valence-electron chi connectivity index (χ4n) is 3.84. The second-order valence-electron chi connectivity index (χ2n) is 10.1. The van der Waals surface area contributed by atoms with Crippen LogP contribution in [0, 0.1) is 11.8 Å². The third-order valence-corrected chi connectivity index (χ3v) is 11.4. The summed E-state index contributed by atoms with van der Waals surface area (Å²) in [5, 5.41) is 10.5. The molecule has 1 aliphatic rings. The van der Waals surface area contributed by atoms with Gasteiger partial charge in [-0.25, -0.2) is 0 Å². The molecular formula is C24H46O2Si. The lowest BCUT2D eigenvalue weighted by molar-refractivity contribution is 0.107. The monoisotopic (exact) mass is 394 g/mol. The van der Waals surface area contributed by atoms with Crippen LogP contribution < -0.4 is 0 Å². The van der Waals surface area contributed by atoms with Gasteiger partial charge in [0.05, 0.1) is 6.10 Å². The summed E-state index contributed by atoms with van der Waals surface area (Å²) in [6.45, 7) is 20.3. The Morgan fingerprint density at radius 3 is 2.52 bits per heavy atom. The first-order valence-corrected chi connectivity index (χ1v) is 14.1. The highest BCUT2D eigenvalue weighted by Gasteiger charge is 2.40. The number of allylic oxidation sites excluding steroid dienone is 1. The Bertz CT molecular complexity index is 475. The molecule has 1 N–H and O–H groups in total. The van der Waals surface area contributed by atoms with Crippen molar-refractivity contribution in [3.63, 3.8) is 0 Å².